The molecule has 0 spiro atoms. The molecule has 0 radical (unpaired) electrons. The van der Waals surface area contributed by atoms with Crippen LogP contribution in [0.1, 0.15) is 12.1 Å². The molecule has 8 nitrogen and oxygen atoms in total. The van der Waals surface area contributed by atoms with E-state index in [1.165, 1.54) is 4.68 Å². The van der Waals surface area contributed by atoms with E-state index in [1.54, 1.807) is 18.9 Å². The molecule has 1 N–H and O–H groups in total. The molecule has 0 aromatic carbocycles. The predicted octanol–water partition coefficient (Wildman–Crippen LogP) is 0.101. The van der Waals surface area contributed by atoms with Crippen molar-refractivity contribution >= 4 is 11.5 Å². The molecule has 1 aliphatic heterocycles. The minimum atomic E-state index is -1.07. The smallest absolute Gasteiger partial charge is 0.333 e. The molecule has 96 valence electrons. The van der Waals surface area contributed by atoms with E-state index >= 15 is 0 Å². The fraction of sp³-hybridized carbons (Fsp3) is 0.600. The molecule has 0 saturated carbocycles. The number of hydrogen-bond acceptors (Lipinski definition) is 6. The summed E-state index contributed by atoms with van der Waals surface area (Å²) in [7, 11) is 1.62. The highest BCUT2D eigenvalue weighted by atomic mass is 16.6. The van der Waals surface area contributed by atoms with Gasteiger partial charge in [0.25, 0.3) is 0 Å². The third-order valence-electron chi connectivity index (χ3n) is 3.02. The molecular formula is C10H13N5O3. The van der Waals surface area contributed by atoms with Gasteiger partial charge in [0.05, 0.1) is 30.5 Å². The van der Waals surface area contributed by atoms with E-state index in [-0.39, 0.29) is 25.2 Å². The van der Waals surface area contributed by atoms with E-state index in [2.05, 4.69) is 5.10 Å². The first-order valence-electron chi connectivity index (χ1n) is 5.40. The van der Waals surface area contributed by atoms with E-state index in [1.807, 2.05) is 6.07 Å². The van der Waals surface area contributed by atoms with Crippen LogP contribution in [0.5, 0.6) is 0 Å². The summed E-state index contributed by atoms with van der Waals surface area (Å²) in [6.45, 7) is 1.99. The second-order valence-corrected chi connectivity index (χ2v) is 4.55. The first kappa shape index (κ1) is 12.3. The van der Waals surface area contributed by atoms with Crippen LogP contribution in [0.3, 0.4) is 0 Å². The summed E-state index contributed by atoms with van der Waals surface area (Å²) in [5.41, 5.74) is -0.773. The van der Waals surface area contributed by atoms with Gasteiger partial charge in [0.1, 0.15) is 11.3 Å². The standard InChI is InChI=1S/C10H13N5O3/c1-7-8(15(17)18)9(13(2)12-7)14-5-10(16,6-14)3-4-11/h16H,3,5-6H2,1-2H3. The number of anilines is 1. The predicted molar refractivity (Wildman–Crippen MR) is 62.0 cm³/mol. The third kappa shape index (κ3) is 1.78. The van der Waals surface area contributed by atoms with Gasteiger partial charge in [0.2, 0.25) is 5.82 Å². The lowest BCUT2D eigenvalue weighted by molar-refractivity contribution is -0.384. The Morgan fingerprint density at radius 1 is 1.67 bits per heavy atom. The summed E-state index contributed by atoms with van der Waals surface area (Å²) in [5.74, 6) is 0.375. The summed E-state index contributed by atoms with van der Waals surface area (Å²) in [6.07, 6.45) is 0.0220. The quantitative estimate of drug-likeness (QED) is 0.603. The van der Waals surface area contributed by atoms with Gasteiger partial charge in [-0.05, 0) is 6.92 Å². The van der Waals surface area contributed by atoms with Crippen LogP contribution in [0.2, 0.25) is 0 Å². The molecule has 2 rings (SSSR count). The van der Waals surface area contributed by atoms with Crippen LogP contribution in [0.25, 0.3) is 0 Å². The van der Waals surface area contributed by atoms with Crippen molar-refractivity contribution in [1.29, 1.82) is 5.26 Å². The molecule has 1 fully saturated rings. The van der Waals surface area contributed by atoms with E-state index in [0.29, 0.717) is 11.5 Å². The molecule has 2 heterocycles. The van der Waals surface area contributed by atoms with Crippen LogP contribution in [-0.4, -0.2) is 38.5 Å². The summed E-state index contributed by atoms with van der Waals surface area (Å²) >= 11 is 0. The molecule has 18 heavy (non-hydrogen) atoms. The van der Waals surface area contributed by atoms with Gasteiger partial charge in [0, 0.05) is 7.05 Å². The van der Waals surface area contributed by atoms with E-state index in [9.17, 15) is 15.2 Å². The number of nitriles is 1. The van der Waals surface area contributed by atoms with E-state index in [4.69, 9.17) is 5.26 Å². The molecule has 0 aliphatic carbocycles. The Kier molecular flexibility index (Phi) is 2.71. The molecule has 8 heteroatoms. The van der Waals surface area contributed by atoms with Crippen LogP contribution in [0.4, 0.5) is 11.5 Å². The number of aryl methyl sites for hydroxylation is 2. The maximum Gasteiger partial charge on any atom is 0.333 e. The minimum Gasteiger partial charge on any atom is -0.385 e. The topological polar surface area (TPSA) is 108 Å². The molecule has 1 saturated heterocycles. The fourth-order valence-electron chi connectivity index (χ4n) is 2.28. The van der Waals surface area contributed by atoms with Gasteiger partial charge in [-0.1, -0.05) is 0 Å². The van der Waals surface area contributed by atoms with Crippen molar-refractivity contribution < 1.29 is 10.0 Å². The number of nitro groups is 1. The number of aromatic nitrogens is 2. The van der Waals surface area contributed by atoms with Crippen molar-refractivity contribution in [2.75, 3.05) is 18.0 Å². The average Bonchev–Trinajstić information content (AvgIpc) is 2.50. The summed E-state index contributed by atoms with van der Waals surface area (Å²) in [5, 5.41) is 33.5. The van der Waals surface area contributed by atoms with Crippen LogP contribution in [0, 0.1) is 28.4 Å². The minimum absolute atomic E-state index is 0.0220. The van der Waals surface area contributed by atoms with Gasteiger partial charge in [0.15, 0.2) is 0 Å². The Morgan fingerprint density at radius 3 is 2.78 bits per heavy atom. The number of aliphatic hydroxyl groups is 1. The maximum atomic E-state index is 11.0. The van der Waals surface area contributed by atoms with Crippen molar-refractivity contribution in [1.82, 2.24) is 9.78 Å². The number of hydrogen-bond donors (Lipinski definition) is 1. The molecular weight excluding hydrogens is 238 g/mol. The molecule has 0 amide bonds. The highest BCUT2D eigenvalue weighted by Gasteiger charge is 2.45. The maximum absolute atomic E-state index is 11.0. The van der Waals surface area contributed by atoms with Gasteiger partial charge in [-0.25, -0.2) is 4.68 Å². The van der Waals surface area contributed by atoms with Gasteiger partial charge in [-0.15, -0.1) is 0 Å². The zero-order valence-electron chi connectivity index (χ0n) is 10.1. The Morgan fingerprint density at radius 2 is 2.28 bits per heavy atom. The third-order valence-corrected chi connectivity index (χ3v) is 3.02. The van der Waals surface area contributed by atoms with Crippen molar-refractivity contribution in [3.63, 3.8) is 0 Å². The Hall–Kier alpha value is -2.14. The van der Waals surface area contributed by atoms with Crippen molar-refractivity contribution in [2.45, 2.75) is 18.9 Å². The highest BCUT2D eigenvalue weighted by molar-refractivity contribution is 5.63. The van der Waals surface area contributed by atoms with E-state index in [0.717, 1.165) is 0 Å². The molecule has 1 aromatic heterocycles. The Balaban J connectivity index is 2.27. The zero-order valence-corrected chi connectivity index (χ0v) is 10.1. The number of β-amino-alcohol motifs (C(OH)–C–C–N with tert-alkyl or cyclic N) is 1. The molecule has 0 atom stereocenters. The lowest BCUT2D eigenvalue weighted by Gasteiger charge is -2.45. The van der Waals surface area contributed by atoms with Crippen LogP contribution in [0.15, 0.2) is 0 Å². The largest absolute Gasteiger partial charge is 0.385 e. The van der Waals surface area contributed by atoms with Crippen LogP contribution < -0.4 is 4.90 Å². The average molecular weight is 251 g/mol. The monoisotopic (exact) mass is 251 g/mol. The van der Waals surface area contributed by atoms with Crippen LogP contribution >= 0.6 is 0 Å². The molecule has 1 aromatic rings. The molecule has 0 unspecified atom stereocenters. The Labute approximate surface area is 103 Å². The SMILES string of the molecule is Cc1nn(C)c(N2CC(O)(CC#N)C2)c1[N+](=O)[O-]. The van der Waals surface area contributed by atoms with Crippen molar-refractivity contribution in [3.8, 4) is 6.07 Å². The normalized spacial score (nSPS) is 17.1. The second-order valence-electron chi connectivity index (χ2n) is 4.55. The van der Waals surface area contributed by atoms with Gasteiger partial charge in [-0.2, -0.15) is 10.4 Å². The molecule has 0 bridgehead atoms. The summed E-state index contributed by atoms with van der Waals surface area (Å²) in [6, 6.07) is 1.91. The van der Waals surface area contributed by atoms with Crippen LogP contribution in [-0.2, 0) is 7.05 Å². The lowest BCUT2D eigenvalue weighted by Crippen LogP contribution is -2.62. The lowest BCUT2D eigenvalue weighted by atomic mass is 9.91. The Bertz CT molecular complexity index is 538. The first-order chi connectivity index (χ1) is 8.38. The number of rotatable bonds is 3. The zero-order chi connectivity index (χ0) is 13.5. The van der Waals surface area contributed by atoms with Gasteiger partial charge >= 0.3 is 5.69 Å². The fourth-order valence-corrected chi connectivity index (χ4v) is 2.28. The summed E-state index contributed by atoms with van der Waals surface area (Å²) < 4.78 is 1.43. The first-order valence-corrected chi connectivity index (χ1v) is 5.40. The van der Waals surface area contributed by atoms with Gasteiger partial charge in [-0.3, -0.25) is 10.1 Å². The van der Waals surface area contributed by atoms with Gasteiger partial charge < -0.3 is 10.0 Å². The highest BCUT2D eigenvalue weighted by Crippen LogP contribution is 2.37. The second kappa shape index (κ2) is 3.96. The van der Waals surface area contributed by atoms with Crippen molar-refractivity contribution in [2.24, 2.45) is 7.05 Å². The summed E-state index contributed by atoms with van der Waals surface area (Å²) in [4.78, 5) is 12.2. The van der Waals surface area contributed by atoms with Crippen molar-refractivity contribution in [3.05, 3.63) is 15.8 Å². The van der Waals surface area contributed by atoms with E-state index < -0.39 is 10.5 Å². The molecule has 1 aliphatic rings. The number of nitrogens with zero attached hydrogens (tertiary/aromatic N) is 5.